The Bertz CT molecular complexity index is 912. The summed E-state index contributed by atoms with van der Waals surface area (Å²) in [6, 6.07) is 6.07. The summed E-state index contributed by atoms with van der Waals surface area (Å²) < 4.78 is 12.4. The first kappa shape index (κ1) is 46.8. The molecule has 5 nitrogen and oxygen atoms in total. The number of carboxylic acid groups (broad SMARTS) is 1. The van der Waals surface area contributed by atoms with Crippen LogP contribution in [-0.2, 0) is 11.3 Å². The first-order chi connectivity index (χ1) is 25.0. The SMILES string of the molecule is CCCCCCCC/C=C\CCCCCCCCOc1cc(CN(C)CC(=O)O)cc(OCCCCCCCC/C=C\CCCCCCCC)c1. The fourth-order valence-electron chi connectivity index (χ4n) is 6.57. The van der Waals surface area contributed by atoms with E-state index >= 15 is 0 Å². The Kier molecular flexibility index (Phi) is 33.1. The van der Waals surface area contributed by atoms with E-state index in [1.165, 1.54) is 167 Å². The van der Waals surface area contributed by atoms with Gasteiger partial charge in [-0.25, -0.2) is 0 Å². The van der Waals surface area contributed by atoms with Crippen LogP contribution in [0.15, 0.2) is 42.5 Å². The van der Waals surface area contributed by atoms with Crippen molar-refractivity contribution in [3.05, 3.63) is 48.1 Å². The van der Waals surface area contributed by atoms with Crippen molar-refractivity contribution in [3.8, 4) is 11.5 Å². The van der Waals surface area contributed by atoms with Crippen LogP contribution in [0, 0.1) is 0 Å². The number of unbranched alkanes of at least 4 members (excludes halogenated alkanes) is 24. The van der Waals surface area contributed by atoms with E-state index in [2.05, 4.69) is 38.2 Å². The largest absolute Gasteiger partial charge is 0.493 e. The number of carboxylic acids is 1. The van der Waals surface area contributed by atoms with Crippen LogP contribution in [0.4, 0.5) is 0 Å². The molecule has 0 aliphatic heterocycles. The number of aliphatic carboxylic acids is 1. The molecule has 0 saturated heterocycles. The molecule has 0 spiro atoms. The lowest BCUT2D eigenvalue weighted by Crippen LogP contribution is -2.25. The van der Waals surface area contributed by atoms with Crippen molar-refractivity contribution < 1.29 is 19.4 Å². The summed E-state index contributed by atoms with van der Waals surface area (Å²) in [5.41, 5.74) is 1.02. The van der Waals surface area contributed by atoms with Crippen LogP contribution in [0.25, 0.3) is 0 Å². The van der Waals surface area contributed by atoms with E-state index in [4.69, 9.17) is 9.47 Å². The Morgan fingerprint density at radius 3 is 1.22 bits per heavy atom. The summed E-state index contributed by atoms with van der Waals surface area (Å²) >= 11 is 0. The maximum atomic E-state index is 11.2. The van der Waals surface area contributed by atoms with E-state index in [0.29, 0.717) is 19.8 Å². The van der Waals surface area contributed by atoms with E-state index in [0.717, 1.165) is 29.9 Å². The van der Waals surface area contributed by atoms with Crippen LogP contribution in [0.3, 0.4) is 0 Å². The second-order valence-corrected chi connectivity index (χ2v) is 15.0. The number of allylic oxidation sites excluding steroid dienone is 4. The van der Waals surface area contributed by atoms with Gasteiger partial charge in [-0.1, -0.05) is 154 Å². The van der Waals surface area contributed by atoms with Crippen molar-refractivity contribution in [2.45, 2.75) is 200 Å². The molecule has 0 unspecified atom stereocenters. The fourth-order valence-corrected chi connectivity index (χ4v) is 6.57. The van der Waals surface area contributed by atoms with Crippen LogP contribution in [0.1, 0.15) is 199 Å². The lowest BCUT2D eigenvalue weighted by molar-refractivity contribution is -0.138. The Balaban J connectivity index is 2.22. The van der Waals surface area contributed by atoms with Crippen molar-refractivity contribution >= 4 is 5.97 Å². The molecule has 0 aliphatic carbocycles. The first-order valence-electron chi connectivity index (χ1n) is 21.6. The summed E-state index contributed by atoms with van der Waals surface area (Å²) in [7, 11) is 1.84. The van der Waals surface area contributed by atoms with Crippen molar-refractivity contribution in [1.82, 2.24) is 4.90 Å². The first-order valence-corrected chi connectivity index (χ1v) is 21.6. The maximum absolute atomic E-state index is 11.2. The Morgan fingerprint density at radius 2 is 0.863 bits per heavy atom. The molecule has 0 saturated carbocycles. The maximum Gasteiger partial charge on any atom is 0.317 e. The number of hydrogen-bond donors (Lipinski definition) is 1. The van der Waals surface area contributed by atoms with Crippen molar-refractivity contribution in [3.63, 3.8) is 0 Å². The molecule has 0 amide bonds. The van der Waals surface area contributed by atoms with Gasteiger partial charge in [-0.2, -0.15) is 0 Å². The second-order valence-electron chi connectivity index (χ2n) is 15.0. The summed E-state index contributed by atoms with van der Waals surface area (Å²) in [6.07, 6.45) is 45.8. The minimum absolute atomic E-state index is 0.00619. The minimum atomic E-state index is -0.818. The third-order valence-electron chi connectivity index (χ3n) is 9.65. The highest BCUT2D eigenvalue weighted by Gasteiger charge is 2.09. The number of benzene rings is 1. The Labute approximate surface area is 316 Å². The average molecular weight is 712 g/mol. The van der Waals surface area contributed by atoms with Gasteiger partial charge in [0, 0.05) is 12.6 Å². The number of hydrogen-bond acceptors (Lipinski definition) is 4. The van der Waals surface area contributed by atoms with Gasteiger partial charge in [-0.05, 0) is 89.0 Å². The molecule has 0 aliphatic rings. The zero-order valence-electron chi connectivity index (χ0n) is 33.8. The highest BCUT2D eigenvalue weighted by Crippen LogP contribution is 2.25. The van der Waals surface area contributed by atoms with Gasteiger partial charge < -0.3 is 14.6 Å². The number of rotatable bonds is 38. The molecule has 0 atom stereocenters. The van der Waals surface area contributed by atoms with Gasteiger partial charge in [0.2, 0.25) is 0 Å². The van der Waals surface area contributed by atoms with Crippen molar-refractivity contribution in [2.24, 2.45) is 0 Å². The molecular formula is C46H81NO4. The highest BCUT2D eigenvalue weighted by molar-refractivity contribution is 5.69. The lowest BCUT2D eigenvalue weighted by atomic mass is 10.1. The minimum Gasteiger partial charge on any atom is -0.493 e. The van der Waals surface area contributed by atoms with E-state index in [-0.39, 0.29) is 6.54 Å². The van der Waals surface area contributed by atoms with E-state index in [1.807, 2.05) is 30.1 Å². The van der Waals surface area contributed by atoms with Crippen LogP contribution in [-0.4, -0.2) is 42.8 Å². The predicted octanol–water partition coefficient (Wildman–Crippen LogP) is 14.0. The summed E-state index contributed by atoms with van der Waals surface area (Å²) in [6.45, 7) is 6.50. The zero-order chi connectivity index (χ0) is 36.9. The number of carbonyl (C=O) groups is 1. The van der Waals surface area contributed by atoms with Gasteiger partial charge in [-0.3, -0.25) is 9.69 Å². The molecule has 1 aromatic carbocycles. The summed E-state index contributed by atoms with van der Waals surface area (Å²) in [4.78, 5) is 13.0. The molecule has 0 heterocycles. The summed E-state index contributed by atoms with van der Waals surface area (Å²) in [5.74, 6) is 0.821. The monoisotopic (exact) mass is 712 g/mol. The van der Waals surface area contributed by atoms with Crippen LogP contribution in [0.5, 0.6) is 11.5 Å². The lowest BCUT2D eigenvalue weighted by Gasteiger charge is -2.17. The van der Waals surface area contributed by atoms with Gasteiger partial charge in [0.05, 0.1) is 19.8 Å². The molecule has 1 N–H and O–H groups in total. The third kappa shape index (κ3) is 32.1. The second kappa shape index (κ2) is 36.1. The fraction of sp³-hybridized carbons (Fsp3) is 0.761. The van der Waals surface area contributed by atoms with Gasteiger partial charge in [0.25, 0.3) is 0 Å². The van der Waals surface area contributed by atoms with Crippen LogP contribution >= 0.6 is 0 Å². The van der Waals surface area contributed by atoms with Gasteiger partial charge >= 0.3 is 5.97 Å². The van der Waals surface area contributed by atoms with Crippen LogP contribution in [0.2, 0.25) is 0 Å². The molecule has 0 bridgehead atoms. The Morgan fingerprint density at radius 1 is 0.529 bits per heavy atom. The molecule has 294 valence electrons. The molecule has 0 fully saturated rings. The standard InChI is InChI=1S/C46H81NO4/c1-4-6-8-10-12-14-16-18-20-22-24-26-28-30-32-34-36-50-44-38-43(41-47(3)42-46(48)49)39-45(40-44)51-37-35-33-31-29-27-25-23-21-19-17-15-13-11-9-7-5-2/h18-21,38-40H,4-17,22-37,41-42H2,1-3H3,(H,48,49)/b20-18-,21-19-. The van der Waals surface area contributed by atoms with Crippen molar-refractivity contribution in [2.75, 3.05) is 26.8 Å². The molecular weight excluding hydrogens is 631 g/mol. The molecule has 51 heavy (non-hydrogen) atoms. The zero-order valence-corrected chi connectivity index (χ0v) is 33.8. The van der Waals surface area contributed by atoms with E-state index < -0.39 is 5.97 Å². The summed E-state index contributed by atoms with van der Waals surface area (Å²) in [5, 5.41) is 9.20. The quantitative estimate of drug-likeness (QED) is 0.0546. The van der Waals surface area contributed by atoms with Gasteiger partial charge in [-0.15, -0.1) is 0 Å². The molecule has 1 rings (SSSR count). The number of nitrogens with zero attached hydrogens (tertiary/aromatic N) is 1. The van der Waals surface area contributed by atoms with Gasteiger partial charge in [0.1, 0.15) is 11.5 Å². The molecule has 5 heteroatoms. The third-order valence-corrected chi connectivity index (χ3v) is 9.65. The predicted molar refractivity (Wildman–Crippen MR) is 220 cm³/mol. The average Bonchev–Trinajstić information content (AvgIpc) is 3.10. The smallest absolute Gasteiger partial charge is 0.317 e. The van der Waals surface area contributed by atoms with Gasteiger partial charge in [0.15, 0.2) is 0 Å². The molecule has 0 aromatic heterocycles. The number of likely N-dealkylation sites (N-methyl/N-ethyl adjacent to an activating group) is 1. The topological polar surface area (TPSA) is 59.0 Å². The van der Waals surface area contributed by atoms with Crippen LogP contribution < -0.4 is 9.47 Å². The molecule has 1 aromatic rings. The number of ether oxygens (including phenoxy) is 2. The van der Waals surface area contributed by atoms with E-state index in [1.54, 1.807) is 0 Å². The Hall–Kier alpha value is -2.27. The van der Waals surface area contributed by atoms with E-state index in [9.17, 15) is 9.90 Å². The normalized spacial score (nSPS) is 11.8. The highest BCUT2D eigenvalue weighted by atomic mass is 16.5. The van der Waals surface area contributed by atoms with Crippen molar-refractivity contribution in [1.29, 1.82) is 0 Å². The molecule has 0 radical (unpaired) electrons.